The lowest BCUT2D eigenvalue weighted by atomic mass is 9.67. The molecule has 18 aromatic carbocycles. The van der Waals surface area contributed by atoms with Gasteiger partial charge in [-0.15, -0.1) is 0 Å². The van der Waals surface area contributed by atoms with Crippen LogP contribution in [0.3, 0.4) is 0 Å². The van der Waals surface area contributed by atoms with E-state index in [0.717, 1.165) is 34.1 Å². The number of benzene rings is 18. The SMILES string of the molecule is Cc1ccc(C2(c3ccc(C)cc3)c3ccccc3-c3c(Nc4ccccc4)cccc32)cc1.c1ccc(C2(c3ccccc3)c3ccccc3-c3ccc(Nc4cc5ccc6cccc7ccc(c4)c5c67)cc32)cc1.c1ccc(Nc2ccc3c(c2)-c2ccccc2C3(c2ccccc2)c2ccccc2)cc1. The molecule has 3 aliphatic rings. The van der Waals surface area contributed by atoms with Gasteiger partial charge in [-0.05, 0) is 207 Å². The van der Waals surface area contributed by atoms with Crippen LogP contribution in [0.4, 0.5) is 34.1 Å². The lowest BCUT2D eigenvalue weighted by molar-refractivity contribution is 0.767. The molecule has 3 N–H and O–H groups in total. The number of anilines is 6. The van der Waals surface area contributed by atoms with E-state index in [1.54, 1.807) is 0 Å². The summed E-state index contributed by atoms with van der Waals surface area (Å²) >= 11 is 0. The zero-order valence-corrected chi connectivity index (χ0v) is 60.3. The summed E-state index contributed by atoms with van der Waals surface area (Å²) in [6.45, 7) is 4.31. The summed E-state index contributed by atoms with van der Waals surface area (Å²) in [5.41, 5.74) is 31.5. The van der Waals surface area contributed by atoms with Crippen LogP contribution in [0.15, 0.2) is 413 Å². The Balaban J connectivity index is 0.000000112. The average Bonchev–Trinajstić information content (AvgIpc) is 1.55. The fourth-order valence-corrected chi connectivity index (χ4v) is 18.2. The van der Waals surface area contributed by atoms with Gasteiger partial charge in [0.15, 0.2) is 0 Å². The van der Waals surface area contributed by atoms with Crippen LogP contribution in [-0.4, -0.2) is 0 Å². The second-order valence-electron chi connectivity index (χ2n) is 28.9. The van der Waals surface area contributed by atoms with Gasteiger partial charge in [-0.1, -0.05) is 357 Å². The Morgan fingerprint density at radius 3 is 1.05 bits per heavy atom. The Kier molecular flexibility index (Phi) is 16.4. The molecule has 0 heterocycles. The van der Waals surface area contributed by atoms with Crippen molar-refractivity contribution < 1.29 is 0 Å². The van der Waals surface area contributed by atoms with Crippen LogP contribution in [0, 0.1) is 13.8 Å². The highest BCUT2D eigenvalue weighted by Gasteiger charge is 2.49. The van der Waals surface area contributed by atoms with Gasteiger partial charge < -0.3 is 16.0 Å². The van der Waals surface area contributed by atoms with Crippen molar-refractivity contribution in [1.82, 2.24) is 0 Å². The van der Waals surface area contributed by atoms with Gasteiger partial charge in [0.2, 0.25) is 0 Å². The standard InChI is InChI=1S/C41H27N.C33H27N.C31H23N/c1-3-12-31(13-4-1)41(32-14-5-2-6-15-32)37-17-8-7-16-35(37)36-23-22-33(26-38(36)41)42-34-24-29-20-18-27-10-9-11-28-19-21-30(25-34)40(29)39(27)28;1-23-15-19-25(20-16-23)33(26-21-17-24(2)18-22-26)29-12-7-6-11-28(29)32-30(33)13-8-14-31(32)34-27-9-4-3-5-10-27;1-4-12-23(13-5-1)31(24-14-6-2-7-15-24)29-19-11-10-18-27(29)28-22-26(20-21-30(28)31)32-25-16-8-3-9-17-25/h1-26,42H;3-22,34H,1-2H3;1-22,32H. The van der Waals surface area contributed by atoms with Gasteiger partial charge in [0, 0.05) is 39.7 Å². The van der Waals surface area contributed by atoms with Gasteiger partial charge in [-0.2, -0.15) is 0 Å². The Labute approximate surface area is 632 Å². The maximum atomic E-state index is 3.80. The van der Waals surface area contributed by atoms with Gasteiger partial charge in [-0.25, -0.2) is 0 Å². The molecular formula is C105H77N3. The predicted octanol–water partition coefficient (Wildman–Crippen LogP) is 26.9. The van der Waals surface area contributed by atoms with E-state index >= 15 is 0 Å². The van der Waals surface area contributed by atoms with Crippen molar-refractivity contribution in [2.75, 3.05) is 16.0 Å². The first-order chi connectivity index (χ1) is 53.3. The lowest BCUT2D eigenvalue weighted by Crippen LogP contribution is -2.28. The Morgan fingerprint density at radius 1 is 0.185 bits per heavy atom. The van der Waals surface area contributed by atoms with E-state index in [1.165, 1.54) is 144 Å². The van der Waals surface area contributed by atoms with E-state index < -0.39 is 5.41 Å². The van der Waals surface area contributed by atoms with Crippen molar-refractivity contribution in [3.63, 3.8) is 0 Å². The minimum absolute atomic E-state index is 0.334. The smallest absolute Gasteiger partial charge is 0.0714 e. The fourth-order valence-electron chi connectivity index (χ4n) is 18.2. The van der Waals surface area contributed by atoms with Gasteiger partial charge in [0.25, 0.3) is 0 Å². The summed E-state index contributed by atoms with van der Waals surface area (Å²) in [5, 5.41) is 18.9. The van der Waals surface area contributed by atoms with Crippen molar-refractivity contribution in [3.05, 3.63) is 490 Å². The highest BCUT2D eigenvalue weighted by Crippen LogP contribution is 2.61. The monoisotopic (exact) mass is 1380 g/mol. The van der Waals surface area contributed by atoms with Crippen LogP contribution in [-0.2, 0) is 16.2 Å². The summed E-state index contributed by atoms with van der Waals surface area (Å²) in [7, 11) is 0. The van der Waals surface area contributed by atoms with Crippen LogP contribution < -0.4 is 16.0 Å². The van der Waals surface area contributed by atoms with Gasteiger partial charge in [0.1, 0.15) is 0 Å². The largest absolute Gasteiger partial charge is 0.356 e. The summed E-state index contributed by atoms with van der Waals surface area (Å²) in [6.07, 6.45) is 0. The molecule has 3 aliphatic carbocycles. The molecule has 0 atom stereocenters. The van der Waals surface area contributed by atoms with Crippen LogP contribution in [0.5, 0.6) is 0 Å². The molecule has 0 aromatic heterocycles. The van der Waals surface area contributed by atoms with E-state index in [0.29, 0.717) is 0 Å². The zero-order chi connectivity index (χ0) is 72.2. The molecule has 0 amide bonds. The highest BCUT2D eigenvalue weighted by atomic mass is 14.9. The maximum absolute atomic E-state index is 3.80. The molecule has 18 aromatic rings. The summed E-state index contributed by atoms with van der Waals surface area (Å²) in [6, 6.07) is 150. The number of hydrogen-bond acceptors (Lipinski definition) is 3. The molecule has 0 saturated carbocycles. The Hall–Kier alpha value is -13.6. The first kappa shape index (κ1) is 65.2. The lowest BCUT2D eigenvalue weighted by Gasteiger charge is -2.34. The van der Waals surface area contributed by atoms with Crippen LogP contribution in [0.25, 0.3) is 65.7 Å². The Bertz CT molecular complexity index is 6130. The third-order valence-electron chi connectivity index (χ3n) is 22.8. The quantitative estimate of drug-likeness (QED) is 0.107. The van der Waals surface area contributed by atoms with E-state index in [4.69, 9.17) is 0 Å². The molecule has 0 saturated heterocycles. The summed E-state index contributed by atoms with van der Waals surface area (Å²) in [4.78, 5) is 0. The van der Waals surface area contributed by atoms with Crippen LogP contribution >= 0.6 is 0 Å². The van der Waals surface area contributed by atoms with Crippen molar-refractivity contribution in [2.24, 2.45) is 0 Å². The number of rotatable bonds is 12. The molecule has 0 bridgehead atoms. The van der Waals surface area contributed by atoms with Crippen molar-refractivity contribution >= 4 is 66.4 Å². The second-order valence-corrected chi connectivity index (χ2v) is 28.9. The topological polar surface area (TPSA) is 36.1 Å². The molecular weight excluding hydrogens is 1300 g/mol. The van der Waals surface area contributed by atoms with Gasteiger partial charge in [-0.3, -0.25) is 0 Å². The number of aryl methyl sites for hydroxylation is 2. The molecule has 0 radical (unpaired) electrons. The number of para-hydroxylation sites is 2. The molecule has 0 aliphatic heterocycles. The molecule has 21 rings (SSSR count). The Morgan fingerprint density at radius 2 is 0.528 bits per heavy atom. The van der Waals surface area contributed by atoms with E-state index in [9.17, 15) is 0 Å². The van der Waals surface area contributed by atoms with Crippen molar-refractivity contribution in [1.29, 1.82) is 0 Å². The summed E-state index contributed by atoms with van der Waals surface area (Å²) < 4.78 is 0. The molecule has 3 nitrogen and oxygen atoms in total. The minimum atomic E-state index is -0.403. The molecule has 0 fully saturated rings. The van der Waals surface area contributed by atoms with Crippen LogP contribution in [0.1, 0.15) is 77.9 Å². The van der Waals surface area contributed by atoms with Crippen molar-refractivity contribution in [3.8, 4) is 33.4 Å². The number of nitrogens with one attached hydrogen (secondary N) is 3. The van der Waals surface area contributed by atoms with E-state index in [-0.39, 0.29) is 10.8 Å². The molecule has 108 heavy (non-hydrogen) atoms. The maximum Gasteiger partial charge on any atom is 0.0714 e. The van der Waals surface area contributed by atoms with Gasteiger partial charge >= 0.3 is 0 Å². The predicted molar refractivity (Wildman–Crippen MR) is 454 cm³/mol. The van der Waals surface area contributed by atoms with E-state index in [2.05, 4.69) is 436 Å². The highest BCUT2D eigenvalue weighted by molar-refractivity contribution is 6.23. The minimum Gasteiger partial charge on any atom is -0.356 e. The van der Waals surface area contributed by atoms with Crippen LogP contribution in [0.2, 0.25) is 0 Å². The van der Waals surface area contributed by atoms with Gasteiger partial charge in [0.05, 0.1) is 16.2 Å². The third-order valence-corrected chi connectivity index (χ3v) is 22.8. The number of fused-ring (bicyclic) bond motifs is 9. The average molecular weight is 1380 g/mol. The normalized spacial score (nSPS) is 13.3. The first-order valence-corrected chi connectivity index (χ1v) is 37.5. The second kappa shape index (κ2) is 27.1. The molecule has 0 spiro atoms. The fraction of sp³-hybridized carbons (Fsp3) is 0.0476. The third kappa shape index (κ3) is 10.8. The summed E-state index contributed by atoms with van der Waals surface area (Å²) in [5.74, 6) is 0. The molecule has 0 unspecified atom stereocenters. The molecule has 3 heteroatoms. The number of hydrogen-bond donors (Lipinski definition) is 3. The first-order valence-electron chi connectivity index (χ1n) is 37.5. The van der Waals surface area contributed by atoms with E-state index in [1.807, 2.05) is 6.07 Å². The van der Waals surface area contributed by atoms with Crippen molar-refractivity contribution in [2.45, 2.75) is 30.1 Å². The zero-order valence-electron chi connectivity index (χ0n) is 60.3. The molecule has 512 valence electrons.